The Bertz CT molecular complexity index is 700. The molecule has 5 atom stereocenters. The lowest BCUT2D eigenvalue weighted by Gasteiger charge is -2.46. The van der Waals surface area contributed by atoms with E-state index in [1.807, 2.05) is 12.1 Å². The molecule has 4 nitrogen and oxygen atoms in total. The van der Waals surface area contributed by atoms with Gasteiger partial charge in [0.1, 0.15) is 0 Å². The van der Waals surface area contributed by atoms with Gasteiger partial charge in [-0.05, 0) is 55.6 Å². The van der Waals surface area contributed by atoms with Crippen LogP contribution in [0.25, 0.3) is 0 Å². The zero-order valence-corrected chi connectivity index (χ0v) is 19.6. The van der Waals surface area contributed by atoms with Crippen molar-refractivity contribution in [1.29, 1.82) is 0 Å². The van der Waals surface area contributed by atoms with Gasteiger partial charge < -0.3 is 15.3 Å². The Hall–Kier alpha value is -1.10. The minimum atomic E-state index is -0.730. The third-order valence-electron chi connectivity index (χ3n) is 7.80. The fourth-order valence-electron chi connectivity index (χ4n) is 5.95. The first kappa shape index (κ1) is 24.5. The van der Waals surface area contributed by atoms with E-state index in [1.165, 1.54) is 6.42 Å². The second kappa shape index (κ2) is 11.2. The Morgan fingerprint density at radius 1 is 1.16 bits per heavy atom. The molecule has 1 aromatic rings. The fourth-order valence-corrected chi connectivity index (χ4v) is 6.41. The lowest BCUT2D eigenvalue weighted by atomic mass is 9.61. The largest absolute Gasteiger partial charge is 0.481 e. The van der Waals surface area contributed by atoms with Gasteiger partial charge in [-0.15, -0.1) is 11.6 Å². The number of aliphatic hydroxyl groups is 2. The molecule has 3 rings (SSSR count). The molecule has 2 fully saturated rings. The molecule has 0 radical (unpaired) electrons. The summed E-state index contributed by atoms with van der Waals surface area (Å²) in [6.07, 6.45) is 10.2. The first-order valence-electron chi connectivity index (χ1n) is 12.2. The van der Waals surface area contributed by atoms with E-state index in [0.717, 1.165) is 68.9 Å². The number of carboxylic acid groups (broad SMARTS) is 1. The Balaban J connectivity index is 1.60. The van der Waals surface area contributed by atoms with Crippen molar-refractivity contribution in [3.05, 3.63) is 35.4 Å². The summed E-state index contributed by atoms with van der Waals surface area (Å²) in [5.74, 6) is -0.475. The van der Waals surface area contributed by atoms with Gasteiger partial charge in [-0.2, -0.15) is 0 Å². The van der Waals surface area contributed by atoms with Crippen LogP contribution in [0.15, 0.2) is 24.3 Å². The topological polar surface area (TPSA) is 77.8 Å². The van der Waals surface area contributed by atoms with Gasteiger partial charge in [0.25, 0.3) is 0 Å². The van der Waals surface area contributed by atoms with Gasteiger partial charge in [-0.25, -0.2) is 0 Å². The predicted octanol–water partition coefficient (Wildman–Crippen LogP) is 6.19. The van der Waals surface area contributed by atoms with E-state index < -0.39 is 18.2 Å². The molecule has 1 unspecified atom stereocenters. The molecule has 0 heterocycles. The zero-order valence-electron chi connectivity index (χ0n) is 18.8. The van der Waals surface area contributed by atoms with Crippen LogP contribution in [0, 0.1) is 11.3 Å². The summed E-state index contributed by atoms with van der Waals surface area (Å²) in [5.41, 5.74) is 2.15. The van der Waals surface area contributed by atoms with Gasteiger partial charge in [0.2, 0.25) is 0 Å². The van der Waals surface area contributed by atoms with Gasteiger partial charge in [0.15, 0.2) is 0 Å². The number of hydrogen-bond donors (Lipinski definition) is 3. The molecule has 31 heavy (non-hydrogen) atoms. The molecule has 3 N–H and O–H groups in total. The number of aliphatic carboxylic acids is 1. The van der Waals surface area contributed by atoms with Crippen molar-refractivity contribution in [1.82, 2.24) is 0 Å². The second-order valence-corrected chi connectivity index (χ2v) is 10.5. The fraction of sp³-hybridized carbons (Fsp3) is 0.731. The van der Waals surface area contributed by atoms with Crippen molar-refractivity contribution >= 4 is 17.6 Å². The highest BCUT2D eigenvalue weighted by Crippen LogP contribution is 2.53. The van der Waals surface area contributed by atoms with Crippen LogP contribution < -0.4 is 0 Å². The number of benzene rings is 1. The van der Waals surface area contributed by atoms with Crippen molar-refractivity contribution < 1.29 is 20.1 Å². The second-order valence-electron chi connectivity index (χ2n) is 9.89. The third-order valence-corrected chi connectivity index (χ3v) is 8.30. The molecule has 0 amide bonds. The van der Waals surface area contributed by atoms with E-state index in [1.54, 1.807) is 0 Å². The average molecular weight is 451 g/mol. The Labute approximate surface area is 192 Å². The number of rotatable bonds is 12. The highest BCUT2D eigenvalue weighted by Gasteiger charge is 2.44. The molecular formula is C26H39ClO4. The van der Waals surface area contributed by atoms with Crippen molar-refractivity contribution in [2.24, 2.45) is 11.3 Å². The van der Waals surface area contributed by atoms with Crippen molar-refractivity contribution in [3.8, 4) is 0 Å². The highest BCUT2D eigenvalue weighted by molar-refractivity contribution is 6.21. The quantitative estimate of drug-likeness (QED) is 0.262. The lowest BCUT2D eigenvalue weighted by Crippen LogP contribution is -2.36. The summed E-state index contributed by atoms with van der Waals surface area (Å²) < 4.78 is 0. The number of hydrogen-bond acceptors (Lipinski definition) is 3. The van der Waals surface area contributed by atoms with E-state index >= 15 is 0 Å². The summed E-state index contributed by atoms with van der Waals surface area (Å²) in [4.78, 5) is 10.6. The molecule has 2 aliphatic rings. The van der Waals surface area contributed by atoms with Gasteiger partial charge in [0, 0.05) is 23.1 Å². The molecule has 174 valence electrons. The maximum Gasteiger partial charge on any atom is 0.303 e. The summed E-state index contributed by atoms with van der Waals surface area (Å²) in [6.45, 7) is 2.19. The minimum Gasteiger partial charge on any atom is -0.481 e. The lowest BCUT2D eigenvalue weighted by molar-refractivity contribution is -0.137. The number of alkyl halides is 1. The van der Waals surface area contributed by atoms with Crippen LogP contribution in [-0.2, 0) is 4.79 Å². The highest BCUT2D eigenvalue weighted by atomic mass is 35.5. The summed E-state index contributed by atoms with van der Waals surface area (Å²) >= 11 is 6.62. The van der Waals surface area contributed by atoms with Crippen LogP contribution in [0.5, 0.6) is 0 Å². The van der Waals surface area contributed by atoms with Crippen molar-refractivity contribution in [2.45, 2.75) is 107 Å². The van der Waals surface area contributed by atoms with Gasteiger partial charge in [-0.1, -0.05) is 63.3 Å². The summed E-state index contributed by atoms with van der Waals surface area (Å²) in [7, 11) is 0. The van der Waals surface area contributed by atoms with Crippen LogP contribution in [0.3, 0.4) is 0 Å². The zero-order chi connectivity index (χ0) is 22.4. The van der Waals surface area contributed by atoms with Crippen LogP contribution >= 0.6 is 11.6 Å². The average Bonchev–Trinajstić information content (AvgIpc) is 2.99. The van der Waals surface area contributed by atoms with Gasteiger partial charge in [0.05, 0.1) is 12.2 Å². The number of aliphatic hydroxyl groups excluding tert-OH is 2. The Morgan fingerprint density at radius 3 is 2.42 bits per heavy atom. The minimum absolute atomic E-state index is 0.0287. The number of carbonyl (C=O) groups is 1. The predicted molar refractivity (Wildman–Crippen MR) is 124 cm³/mol. The van der Waals surface area contributed by atoms with E-state index in [0.29, 0.717) is 6.42 Å². The van der Waals surface area contributed by atoms with Crippen molar-refractivity contribution in [2.75, 3.05) is 0 Å². The van der Waals surface area contributed by atoms with E-state index in [9.17, 15) is 15.0 Å². The normalized spacial score (nSPS) is 28.3. The molecule has 1 aromatic carbocycles. The molecule has 0 aliphatic heterocycles. The van der Waals surface area contributed by atoms with Crippen molar-refractivity contribution in [3.63, 3.8) is 0 Å². The smallest absolute Gasteiger partial charge is 0.303 e. The maximum absolute atomic E-state index is 11.0. The first-order valence-corrected chi connectivity index (χ1v) is 12.6. The standard InChI is InChI=1S/C26H39ClO4/c1-2-14-26(15-7-16-26)25(31)19-12-10-18(11-13-19)24-20(21(27)17-22(24)28)8-5-3-4-6-9-23(29)30/h10-13,20-22,24-25,28,31H,2-9,14-17H2,1H3,(H,29,30)/t20-,21-,22+,24+,25?/m0/s1. The van der Waals surface area contributed by atoms with Gasteiger partial charge in [-0.3, -0.25) is 4.79 Å². The molecule has 0 aromatic heterocycles. The van der Waals surface area contributed by atoms with E-state index in [-0.39, 0.29) is 29.0 Å². The van der Waals surface area contributed by atoms with E-state index in [2.05, 4.69) is 19.1 Å². The first-order chi connectivity index (χ1) is 14.9. The van der Waals surface area contributed by atoms with Crippen LogP contribution in [-0.4, -0.2) is 32.8 Å². The molecule has 0 bridgehead atoms. The Morgan fingerprint density at radius 2 is 1.84 bits per heavy atom. The number of halogens is 1. The van der Waals surface area contributed by atoms with Crippen LogP contribution in [0.1, 0.15) is 107 Å². The molecule has 2 saturated carbocycles. The van der Waals surface area contributed by atoms with Crippen LogP contribution in [0.4, 0.5) is 0 Å². The maximum atomic E-state index is 11.0. The summed E-state index contributed by atoms with van der Waals surface area (Å²) in [5, 5.41) is 30.5. The summed E-state index contributed by atoms with van der Waals surface area (Å²) in [6, 6.07) is 8.26. The van der Waals surface area contributed by atoms with Gasteiger partial charge >= 0.3 is 5.97 Å². The number of carboxylic acids is 1. The molecule has 0 spiro atoms. The molecule has 5 heteroatoms. The third kappa shape index (κ3) is 5.83. The molecule has 0 saturated heterocycles. The van der Waals surface area contributed by atoms with E-state index in [4.69, 9.17) is 16.7 Å². The van der Waals surface area contributed by atoms with Crippen LogP contribution in [0.2, 0.25) is 0 Å². The molecule has 2 aliphatic carbocycles. The monoisotopic (exact) mass is 450 g/mol. The Kier molecular flexibility index (Phi) is 8.83. The SMILES string of the molecule is CCCC1(C(O)c2ccc([C@@H]3[C@@H](CCCCCCC(=O)O)[C@@H](Cl)C[C@H]3O)cc2)CCC1. The number of unbranched alkanes of at least 4 members (excludes halogenated alkanes) is 3. The molecular weight excluding hydrogens is 412 g/mol.